The van der Waals surface area contributed by atoms with Gasteiger partial charge in [-0.1, -0.05) is 33.3 Å². The van der Waals surface area contributed by atoms with Crippen LogP contribution in [-0.4, -0.2) is 23.3 Å². The Morgan fingerprint density at radius 2 is 2.19 bits per heavy atom. The fraction of sp³-hybridized carbons (Fsp3) is 0.154. The Morgan fingerprint density at radius 3 is 2.81 bits per heavy atom. The first kappa shape index (κ1) is 15.5. The molecule has 6 nitrogen and oxygen atoms in total. The summed E-state index contributed by atoms with van der Waals surface area (Å²) in [6.45, 7) is 2.57. The first-order valence-corrected chi connectivity index (χ1v) is 7.73. The molecular formula is C13H13BrN4O2S. The summed E-state index contributed by atoms with van der Waals surface area (Å²) >= 11 is 4.48. The van der Waals surface area contributed by atoms with Crippen LogP contribution in [0.4, 0.5) is 10.1 Å². The van der Waals surface area contributed by atoms with Gasteiger partial charge >= 0.3 is 0 Å². The number of rotatable bonds is 5. The van der Waals surface area contributed by atoms with E-state index in [1.165, 1.54) is 11.3 Å². The molecule has 0 bridgehead atoms. The number of benzene rings is 1. The van der Waals surface area contributed by atoms with E-state index in [0.717, 1.165) is 4.47 Å². The third-order valence-corrected chi connectivity index (χ3v) is 3.92. The number of anilines is 2. The minimum Gasteiger partial charge on any atom is -0.364 e. The Bertz CT molecular complexity index is 687. The lowest BCUT2D eigenvalue weighted by molar-refractivity contribution is 0.0997. The molecular weight excluding hydrogens is 356 g/mol. The third-order valence-electron chi connectivity index (χ3n) is 2.50. The smallest absolute Gasteiger partial charge is 0.270 e. The Hall–Kier alpha value is -1.93. The summed E-state index contributed by atoms with van der Waals surface area (Å²) in [5.74, 6) is -1.01. The minimum atomic E-state index is -0.681. The molecule has 0 saturated heterocycles. The molecule has 0 radical (unpaired) electrons. The van der Waals surface area contributed by atoms with E-state index in [2.05, 4.69) is 31.5 Å². The van der Waals surface area contributed by atoms with Crippen molar-refractivity contribution in [3.05, 3.63) is 40.0 Å². The molecule has 1 aromatic carbocycles. The van der Waals surface area contributed by atoms with Gasteiger partial charge in [-0.15, -0.1) is 0 Å². The number of nitrogens with zero attached hydrogens (tertiary/aromatic N) is 1. The van der Waals surface area contributed by atoms with E-state index in [9.17, 15) is 9.59 Å². The first-order valence-electron chi connectivity index (χ1n) is 6.12. The number of carbonyl (C=O) groups excluding carboxylic acids is 2. The number of hydrogen-bond acceptors (Lipinski definition) is 5. The molecule has 0 aliphatic rings. The second kappa shape index (κ2) is 6.68. The molecule has 0 unspecified atom stereocenters. The maximum atomic E-state index is 12.2. The van der Waals surface area contributed by atoms with Crippen LogP contribution in [0.15, 0.2) is 28.7 Å². The van der Waals surface area contributed by atoms with Gasteiger partial charge in [0.1, 0.15) is 5.00 Å². The first-order chi connectivity index (χ1) is 10.0. The second-order valence-corrected chi connectivity index (χ2v) is 5.97. The Kier molecular flexibility index (Phi) is 4.92. The zero-order valence-corrected chi connectivity index (χ0v) is 13.5. The van der Waals surface area contributed by atoms with E-state index in [0.29, 0.717) is 22.2 Å². The Morgan fingerprint density at radius 1 is 1.43 bits per heavy atom. The zero-order valence-electron chi connectivity index (χ0n) is 11.1. The van der Waals surface area contributed by atoms with Gasteiger partial charge < -0.3 is 16.4 Å². The SMILES string of the molecule is CCNc1nc(C(N)=O)c(NC(=O)c2cccc(Br)c2)s1. The molecule has 0 aliphatic heterocycles. The van der Waals surface area contributed by atoms with Gasteiger partial charge in [-0.3, -0.25) is 9.59 Å². The van der Waals surface area contributed by atoms with Gasteiger partial charge in [-0.2, -0.15) is 0 Å². The molecule has 8 heteroatoms. The van der Waals surface area contributed by atoms with E-state index in [4.69, 9.17) is 5.73 Å². The number of aromatic nitrogens is 1. The summed E-state index contributed by atoms with van der Waals surface area (Å²) in [6.07, 6.45) is 0. The molecule has 4 N–H and O–H groups in total. The van der Waals surface area contributed by atoms with Crippen molar-refractivity contribution < 1.29 is 9.59 Å². The predicted molar refractivity (Wildman–Crippen MR) is 86.9 cm³/mol. The van der Waals surface area contributed by atoms with Crippen LogP contribution < -0.4 is 16.4 Å². The molecule has 2 aromatic rings. The number of amides is 2. The van der Waals surface area contributed by atoms with Gasteiger partial charge in [0.15, 0.2) is 10.8 Å². The monoisotopic (exact) mass is 368 g/mol. The standard InChI is InChI=1S/C13H13BrN4O2S/c1-2-16-13-17-9(10(15)19)12(21-13)18-11(20)7-4-3-5-8(14)6-7/h3-6H,2H2,1H3,(H2,15,19)(H,16,17)(H,18,20). The van der Waals surface area contributed by atoms with Crippen LogP contribution in [0.3, 0.4) is 0 Å². The highest BCUT2D eigenvalue weighted by atomic mass is 79.9. The molecule has 21 heavy (non-hydrogen) atoms. The van der Waals surface area contributed by atoms with E-state index in [1.807, 2.05) is 13.0 Å². The molecule has 0 fully saturated rings. The highest BCUT2D eigenvalue weighted by molar-refractivity contribution is 9.10. The lowest BCUT2D eigenvalue weighted by Gasteiger charge is -2.04. The van der Waals surface area contributed by atoms with Crippen LogP contribution in [0.25, 0.3) is 0 Å². The summed E-state index contributed by atoms with van der Waals surface area (Å²) < 4.78 is 0.794. The summed E-state index contributed by atoms with van der Waals surface area (Å²) in [7, 11) is 0. The van der Waals surface area contributed by atoms with Crippen molar-refractivity contribution in [1.29, 1.82) is 0 Å². The molecule has 2 amide bonds. The minimum absolute atomic E-state index is 0.0549. The normalized spacial score (nSPS) is 10.2. The lowest BCUT2D eigenvalue weighted by atomic mass is 10.2. The molecule has 0 atom stereocenters. The maximum Gasteiger partial charge on any atom is 0.270 e. The average Bonchev–Trinajstić information content (AvgIpc) is 2.82. The number of nitrogens with one attached hydrogen (secondary N) is 2. The molecule has 0 aliphatic carbocycles. The molecule has 0 spiro atoms. The summed E-state index contributed by atoms with van der Waals surface area (Å²) in [5.41, 5.74) is 5.81. The molecule has 0 saturated carbocycles. The van der Waals surface area contributed by atoms with Crippen LogP contribution >= 0.6 is 27.3 Å². The van der Waals surface area contributed by atoms with Crippen molar-refractivity contribution in [2.24, 2.45) is 5.73 Å². The topological polar surface area (TPSA) is 97.1 Å². The predicted octanol–water partition coefficient (Wildman–Crippen LogP) is 2.69. The third kappa shape index (κ3) is 3.79. The van der Waals surface area contributed by atoms with E-state index in [1.54, 1.807) is 18.2 Å². The molecule has 2 rings (SSSR count). The number of nitrogens with two attached hydrogens (primary N) is 1. The van der Waals surface area contributed by atoms with Gasteiger partial charge in [0, 0.05) is 16.6 Å². The largest absolute Gasteiger partial charge is 0.364 e. The van der Waals surface area contributed by atoms with Crippen molar-refractivity contribution >= 4 is 49.2 Å². The number of carbonyl (C=O) groups is 2. The second-order valence-electron chi connectivity index (χ2n) is 4.06. The van der Waals surface area contributed by atoms with E-state index < -0.39 is 5.91 Å². The zero-order chi connectivity index (χ0) is 15.4. The summed E-state index contributed by atoms with van der Waals surface area (Å²) in [6, 6.07) is 6.94. The Labute approximate surface area is 133 Å². The molecule has 1 heterocycles. The van der Waals surface area contributed by atoms with Crippen LogP contribution in [0.1, 0.15) is 27.8 Å². The highest BCUT2D eigenvalue weighted by Gasteiger charge is 2.18. The van der Waals surface area contributed by atoms with Crippen molar-refractivity contribution in [2.45, 2.75) is 6.92 Å². The van der Waals surface area contributed by atoms with Crippen molar-refractivity contribution in [3.63, 3.8) is 0 Å². The number of thiazole rings is 1. The van der Waals surface area contributed by atoms with Crippen LogP contribution in [0.5, 0.6) is 0 Å². The Balaban J connectivity index is 2.26. The van der Waals surface area contributed by atoms with Gasteiger partial charge in [-0.05, 0) is 25.1 Å². The van der Waals surface area contributed by atoms with Crippen molar-refractivity contribution in [2.75, 3.05) is 17.2 Å². The van der Waals surface area contributed by atoms with Crippen LogP contribution in [0.2, 0.25) is 0 Å². The lowest BCUT2D eigenvalue weighted by Crippen LogP contribution is -2.17. The molecule has 1 aromatic heterocycles. The van der Waals surface area contributed by atoms with Crippen LogP contribution in [-0.2, 0) is 0 Å². The maximum absolute atomic E-state index is 12.2. The van der Waals surface area contributed by atoms with E-state index in [-0.39, 0.29) is 11.6 Å². The van der Waals surface area contributed by atoms with Gasteiger partial charge in [0.25, 0.3) is 11.8 Å². The summed E-state index contributed by atoms with van der Waals surface area (Å²) in [5, 5.41) is 6.53. The van der Waals surface area contributed by atoms with Crippen LogP contribution in [0, 0.1) is 0 Å². The number of primary amides is 1. The highest BCUT2D eigenvalue weighted by Crippen LogP contribution is 2.28. The fourth-order valence-electron chi connectivity index (χ4n) is 1.60. The summed E-state index contributed by atoms with van der Waals surface area (Å²) in [4.78, 5) is 27.6. The van der Waals surface area contributed by atoms with E-state index >= 15 is 0 Å². The van der Waals surface area contributed by atoms with Crippen molar-refractivity contribution in [1.82, 2.24) is 4.98 Å². The molecule has 110 valence electrons. The van der Waals surface area contributed by atoms with Gasteiger partial charge in [-0.25, -0.2) is 4.98 Å². The quantitative estimate of drug-likeness (QED) is 0.755. The fourth-order valence-corrected chi connectivity index (χ4v) is 2.94. The van der Waals surface area contributed by atoms with Gasteiger partial charge in [0.05, 0.1) is 0 Å². The van der Waals surface area contributed by atoms with Crippen molar-refractivity contribution in [3.8, 4) is 0 Å². The average molecular weight is 369 g/mol. The number of halogens is 1. The number of hydrogen-bond donors (Lipinski definition) is 3. The van der Waals surface area contributed by atoms with Gasteiger partial charge in [0.2, 0.25) is 0 Å².